The summed E-state index contributed by atoms with van der Waals surface area (Å²) in [5.74, 6) is 0. The minimum atomic E-state index is 1.07. The Labute approximate surface area is 72.9 Å². The van der Waals surface area contributed by atoms with Crippen LogP contribution in [-0.2, 0) is 4.84 Å². The van der Waals surface area contributed by atoms with Gasteiger partial charge in [-0.3, -0.25) is 0 Å². The number of hydrogen-bond acceptors (Lipinski definition) is 2. The highest BCUT2D eigenvalue weighted by molar-refractivity contribution is 5.79. The van der Waals surface area contributed by atoms with Crippen molar-refractivity contribution >= 4 is 6.21 Å². The minimum Gasteiger partial charge on any atom is -0.399 e. The molecule has 1 aromatic rings. The third-order valence-electron chi connectivity index (χ3n) is 1.84. The zero-order valence-corrected chi connectivity index (χ0v) is 7.66. The van der Waals surface area contributed by atoms with Crippen molar-refractivity contribution in [1.29, 1.82) is 0 Å². The molecule has 0 aromatic heterocycles. The summed E-state index contributed by atoms with van der Waals surface area (Å²) < 4.78 is 0. The van der Waals surface area contributed by atoms with Crippen molar-refractivity contribution in [1.82, 2.24) is 0 Å². The van der Waals surface area contributed by atoms with Crippen LogP contribution in [0.5, 0.6) is 0 Å². The number of nitrogens with zero attached hydrogens (tertiary/aromatic N) is 1. The average molecular weight is 163 g/mol. The Kier molecular flexibility index (Phi) is 2.86. The van der Waals surface area contributed by atoms with E-state index in [2.05, 4.69) is 36.0 Å². The van der Waals surface area contributed by atoms with Crippen molar-refractivity contribution in [2.24, 2.45) is 5.16 Å². The van der Waals surface area contributed by atoms with Gasteiger partial charge in [0.05, 0.1) is 6.21 Å². The normalized spacial score (nSPS) is 10.6. The molecule has 0 unspecified atom stereocenters. The van der Waals surface area contributed by atoms with Crippen LogP contribution in [0.25, 0.3) is 0 Å². The van der Waals surface area contributed by atoms with Crippen LogP contribution >= 0.6 is 0 Å². The van der Waals surface area contributed by atoms with Gasteiger partial charge in [-0.15, -0.1) is 0 Å². The Hall–Kier alpha value is -1.31. The Morgan fingerprint density at radius 1 is 1.25 bits per heavy atom. The summed E-state index contributed by atoms with van der Waals surface area (Å²) in [5.41, 5.74) is 3.64. The fourth-order valence-electron chi connectivity index (χ4n) is 0.958. The molecule has 2 nitrogen and oxygen atoms in total. The van der Waals surface area contributed by atoms with Crippen LogP contribution in [0.3, 0.4) is 0 Å². The predicted octanol–water partition coefficient (Wildman–Crippen LogP) is 2.28. The van der Waals surface area contributed by atoms with E-state index in [4.69, 9.17) is 0 Å². The molecule has 64 valence electrons. The van der Waals surface area contributed by atoms with Crippen molar-refractivity contribution in [3.63, 3.8) is 0 Å². The van der Waals surface area contributed by atoms with E-state index in [0.29, 0.717) is 0 Å². The van der Waals surface area contributed by atoms with Gasteiger partial charge in [-0.1, -0.05) is 23.4 Å². The zero-order valence-electron chi connectivity index (χ0n) is 7.66. The second-order valence-electron chi connectivity index (χ2n) is 2.76. The van der Waals surface area contributed by atoms with Crippen LogP contribution in [0.15, 0.2) is 23.4 Å². The zero-order chi connectivity index (χ0) is 8.97. The van der Waals surface area contributed by atoms with Crippen molar-refractivity contribution in [3.05, 3.63) is 34.9 Å². The maximum Gasteiger partial charge on any atom is 0.106 e. The van der Waals surface area contributed by atoms with Gasteiger partial charge in [0.2, 0.25) is 0 Å². The molecule has 0 fully saturated rings. The van der Waals surface area contributed by atoms with E-state index in [1.807, 2.05) is 6.07 Å². The Bertz CT molecular complexity index is 292. The number of benzene rings is 1. The Balaban J connectivity index is 2.89. The fraction of sp³-hybridized carbons (Fsp3) is 0.300. The molecule has 12 heavy (non-hydrogen) atoms. The molecule has 0 saturated heterocycles. The molecule has 0 bridgehead atoms. The average Bonchev–Trinajstić information content (AvgIpc) is 2.07. The van der Waals surface area contributed by atoms with E-state index in [1.54, 1.807) is 6.21 Å². The first-order valence-corrected chi connectivity index (χ1v) is 3.88. The van der Waals surface area contributed by atoms with Crippen LogP contribution in [0.2, 0.25) is 0 Å². The van der Waals surface area contributed by atoms with E-state index < -0.39 is 0 Å². The maximum atomic E-state index is 4.59. The van der Waals surface area contributed by atoms with Gasteiger partial charge in [-0.05, 0) is 30.5 Å². The van der Waals surface area contributed by atoms with Crippen LogP contribution in [0.4, 0.5) is 0 Å². The molecule has 0 spiro atoms. The highest BCUT2D eigenvalue weighted by Gasteiger charge is 1.92. The van der Waals surface area contributed by atoms with Crippen molar-refractivity contribution in [2.45, 2.75) is 13.8 Å². The highest BCUT2D eigenvalue weighted by Crippen LogP contribution is 2.07. The lowest BCUT2D eigenvalue weighted by Crippen LogP contribution is -1.86. The second-order valence-corrected chi connectivity index (χ2v) is 2.76. The molecular weight excluding hydrogens is 150 g/mol. The molecule has 2 heteroatoms. The highest BCUT2D eigenvalue weighted by atomic mass is 16.6. The number of rotatable bonds is 2. The Morgan fingerprint density at radius 3 is 2.58 bits per heavy atom. The summed E-state index contributed by atoms with van der Waals surface area (Å²) in [6.07, 6.45) is 1.70. The summed E-state index contributed by atoms with van der Waals surface area (Å²) in [6.45, 7) is 4.17. The van der Waals surface area contributed by atoms with E-state index in [1.165, 1.54) is 18.2 Å². The molecule has 0 N–H and O–H groups in total. The van der Waals surface area contributed by atoms with Gasteiger partial charge < -0.3 is 4.84 Å². The first-order chi connectivity index (χ1) is 5.74. The maximum absolute atomic E-state index is 4.59. The molecule has 0 aliphatic carbocycles. The first kappa shape index (κ1) is 8.78. The molecule has 0 saturated carbocycles. The topological polar surface area (TPSA) is 21.6 Å². The van der Waals surface area contributed by atoms with Gasteiger partial charge in [-0.25, -0.2) is 0 Å². The van der Waals surface area contributed by atoms with Gasteiger partial charge in [0, 0.05) is 0 Å². The number of aryl methyl sites for hydroxylation is 2. The molecular formula is C10H13NO. The molecule has 0 heterocycles. The molecule has 0 aliphatic rings. The monoisotopic (exact) mass is 163 g/mol. The smallest absolute Gasteiger partial charge is 0.106 e. The summed E-state index contributed by atoms with van der Waals surface area (Å²) in [5, 5.41) is 3.69. The summed E-state index contributed by atoms with van der Waals surface area (Å²) >= 11 is 0. The Morgan fingerprint density at radius 2 is 2.00 bits per heavy atom. The van der Waals surface area contributed by atoms with Gasteiger partial charge in [-0.2, -0.15) is 0 Å². The van der Waals surface area contributed by atoms with Crippen molar-refractivity contribution < 1.29 is 4.84 Å². The summed E-state index contributed by atoms with van der Waals surface area (Å²) in [6, 6.07) is 6.18. The molecule has 1 rings (SSSR count). The van der Waals surface area contributed by atoms with Gasteiger partial charge in [0.15, 0.2) is 0 Å². The van der Waals surface area contributed by atoms with E-state index >= 15 is 0 Å². The van der Waals surface area contributed by atoms with Gasteiger partial charge >= 0.3 is 0 Å². The van der Waals surface area contributed by atoms with Crippen LogP contribution in [0.1, 0.15) is 16.7 Å². The lowest BCUT2D eigenvalue weighted by molar-refractivity contribution is 0.215. The van der Waals surface area contributed by atoms with Gasteiger partial charge in [0.25, 0.3) is 0 Å². The largest absolute Gasteiger partial charge is 0.399 e. The van der Waals surface area contributed by atoms with Crippen molar-refractivity contribution in [2.75, 3.05) is 7.11 Å². The first-order valence-electron chi connectivity index (χ1n) is 3.88. The van der Waals surface area contributed by atoms with Gasteiger partial charge in [0.1, 0.15) is 7.11 Å². The number of hydrogen-bond donors (Lipinski definition) is 0. The summed E-state index contributed by atoms with van der Waals surface area (Å²) in [7, 11) is 1.54. The number of oxime groups is 1. The van der Waals surface area contributed by atoms with E-state index in [9.17, 15) is 0 Å². The minimum absolute atomic E-state index is 1.07. The molecule has 0 aliphatic heterocycles. The van der Waals surface area contributed by atoms with E-state index in [-0.39, 0.29) is 0 Å². The summed E-state index contributed by atoms with van der Waals surface area (Å²) in [4.78, 5) is 4.59. The third-order valence-corrected chi connectivity index (χ3v) is 1.84. The molecule has 0 amide bonds. The van der Waals surface area contributed by atoms with Crippen molar-refractivity contribution in [3.8, 4) is 0 Å². The van der Waals surface area contributed by atoms with Crippen LogP contribution in [-0.4, -0.2) is 13.3 Å². The standard InChI is InChI=1S/C10H13NO/c1-8-4-5-10(6-9(8)2)7-11-12-3/h4-7H,1-3H3/b11-7-. The molecule has 0 radical (unpaired) electrons. The quantitative estimate of drug-likeness (QED) is 0.484. The van der Waals surface area contributed by atoms with E-state index in [0.717, 1.165) is 5.56 Å². The van der Waals surface area contributed by atoms with Crippen LogP contribution < -0.4 is 0 Å². The fourth-order valence-corrected chi connectivity index (χ4v) is 0.958. The lowest BCUT2D eigenvalue weighted by atomic mass is 10.1. The van der Waals surface area contributed by atoms with Crippen LogP contribution in [0, 0.1) is 13.8 Å². The molecule has 1 aromatic carbocycles. The third kappa shape index (κ3) is 2.09. The SMILES string of the molecule is CO/N=C\c1ccc(C)c(C)c1. The second kappa shape index (κ2) is 3.90. The predicted molar refractivity (Wildman–Crippen MR) is 50.5 cm³/mol. The lowest BCUT2D eigenvalue weighted by Gasteiger charge is -1.99. The molecule has 0 atom stereocenters.